The number of phenolic OH excluding ortho intramolecular Hbond substituents is 2. The van der Waals surface area contributed by atoms with Crippen LogP contribution in [0.15, 0.2) is 47.6 Å². The molecule has 4 N–H and O–H groups in total. The minimum absolute atomic E-state index is 0.0763. The number of hydrogen-bond acceptors (Lipinski definition) is 5. The van der Waals surface area contributed by atoms with Crippen LogP contribution in [0.4, 0.5) is 0 Å². The summed E-state index contributed by atoms with van der Waals surface area (Å²) in [4.78, 5) is 23.5. The minimum atomic E-state index is -0.509. The van der Waals surface area contributed by atoms with Crippen LogP contribution in [0.3, 0.4) is 0 Å². The third-order valence-electron chi connectivity index (χ3n) is 3.10. The molecule has 0 radical (unpaired) electrons. The lowest BCUT2D eigenvalue weighted by atomic mass is 10.1. The Kier molecular flexibility index (Phi) is 5.51. The Morgan fingerprint density at radius 1 is 1.17 bits per heavy atom. The molecule has 2 amide bonds. The van der Waals surface area contributed by atoms with Crippen LogP contribution < -0.4 is 10.7 Å². The van der Waals surface area contributed by atoms with Crippen LogP contribution in [0.2, 0.25) is 0 Å². The van der Waals surface area contributed by atoms with E-state index in [9.17, 15) is 14.7 Å². The zero-order valence-electron chi connectivity index (χ0n) is 13.0. The molecule has 0 unspecified atom stereocenters. The quantitative estimate of drug-likeness (QED) is 0.490. The molecule has 7 heteroatoms. The van der Waals surface area contributed by atoms with Crippen molar-refractivity contribution in [3.8, 4) is 11.5 Å². The maximum Gasteiger partial charge on any atom is 0.259 e. The van der Waals surface area contributed by atoms with Gasteiger partial charge in [0, 0.05) is 17.2 Å². The van der Waals surface area contributed by atoms with E-state index in [4.69, 9.17) is 5.11 Å². The monoisotopic (exact) mass is 327 g/mol. The molecule has 0 aliphatic rings. The SMILES string of the molecule is Cc1cccc(C(=O)NCC(=O)N/N=C/c2ccc(O)cc2O)c1. The summed E-state index contributed by atoms with van der Waals surface area (Å²) in [5.74, 6) is -1.10. The number of phenols is 2. The summed E-state index contributed by atoms with van der Waals surface area (Å²) in [7, 11) is 0. The predicted molar refractivity (Wildman–Crippen MR) is 89.0 cm³/mol. The van der Waals surface area contributed by atoms with E-state index in [-0.39, 0.29) is 24.0 Å². The van der Waals surface area contributed by atoms with Crippen molar-refractivity contribution in [1.29, 1.82) is 0 Å². The maximum absolute atomic E-state index is 11.9. The Morgan fingerprint density at radius 2 is 1.96 bits per heavy atom. The molecule has 7 nitrogen and oxygen atoms in total. The Labute approximate surface area is 138 Å². The number of nitrogens with zero attached hydrogens (tertiary/aromatic N) is 1. The first-order chi connectivity index (χ1) is 11.5. The van der Waals surface area contributed by atoms with E-state index in [2.05, 4.69) is 15.8 Å². The molecule has 124 valence electrons. The number of aromatic hydroxyl groups is 2. The summed E-state index contributed by atoms with van der Waals surface area (Å²) in [5, 5.41) is 24.9. The van der Waals surface area contributed by atoms with E-state index < -0.39 is 5.91 Å². The van der Waals surface area contributed by atoms with Gasteiger partial charge in [-0.3, -0.25) is 9.59 Å². The highest BCUT2D eigenvalue weighted by molar-refractivity contribution is 5.96. The van der Waals surface area contributed by atoms with E-state index in [1.807, 2.05) is 13.0 Å². The normalized spacial score (nSPS) is 10.5. The van der Waals surface area contributed by atoms with Gasteiger partial charge < -0.3 is 15.5 Å². The van der Waals surface area contributed by atoms with Gasteiger partial charge in [0.25, 0.3) is 11.8 Å². The number of hydrazone groups is 1. The fourth-order valence-electron chi connectivity index (χ4n) is 1.90. The number of amides is 2. The number of aryl methyl sites for hydroxylation is 1. The summed E-state index contributed by atoms with van der Waals surface area (Å²) in [6, 6.07) is 11.0. The predicted octanol–water partition coefficient (Wildman–Crippen LogP) is 1.29. The van der Waals surface area contributed by atoms with Crippen molar-refractivity contribution in [3.63, 3.8) is 0 Å². The molecule has 0 saturated heterocycles. The fourth-order valence-corrected chi connectivity index (χ4v) is 1.90. The molecule has 0 bridgehead atoms. The molecule has 24 heavy (non-hydrogen) atoms. The second-order valence-corrected chi connectivity index (χ2v) is 5.09. The Bertz CT molecular complexity index is 787. The largest absolute Gasteiger partial charge is 0.508 e. The van der Waals surface area contributed by atoms with Gasteiger partial charge in [-0.2, -0.15) is 5.10 Å². The van der Waals surface area contributed by atoms with Crippen LogP contribution in [-0.2, 0) is 4.79 Å². The van der Waals surface area contributed by atoms with Crippen molar-refractivity contribution >= 4 is 18.0 Å². The van der Waals surface area contributed by atoms with Crippen molar-refractivity contribution < 1.29 is 19.8 Å². The van der Waals surface area contributed by atoms with Gasteiger partial charge in [0.15, 0.2) is 0 Å². The smallest absolute Gasteiger partial charge is 0.259 e. The van der Waals surface area contributed by atoms with Crippen LogP contribution >= 0.6 is 0 Å². The average Bonchev–Trinajstić information content (AvgIpc) is 2.54. The summed E-state index contributed by atoms with van der Waals surface area (Å²) >= 11 is 0. The van der Waals surface area contributed by atoms with Gasteiger partial charge in [0.05, 0.1) is 12.8 Å². The standard InChI is InChI=1S/C17H17N3O4/c1-11-3-2-4-12(7-11)17(24)18-10-16(23)20-19-9-13-5-6-14(21)8-15(13)22/h2-9,21-22H,10H2,1H3,(H,18,24)(H,20,23)/b19-9+. The van der Waals surface area contributed by atoms with Crippen LogP contribution in [0.1, 0.15) is 21.5 Å². The van der Waals surface area contributed by atoms with Gasteiger partial charge in [-0.25, -0.2) is 5.43 Å². The molecule has 0 aromatic heterocycles. The summed E-state index contributed by atoms with van der Waals surface area (Å²) in [6.07, 6.45) is 1.23. The van der Waals surface area contributed by atoms with Gasteiger partial charge >= 0.3 is 0 Å². The molecule has 0 fully saturated rings. The molecule has 2 aromatic rings. The van der Waals surface area contributed by atoms with Crippen LogP contribution in [0.5, 0.6) is 11.5 Å². The topological polar surface area (TPSA) is 111 Å². The van der Waals surface area contributed by atoms with E-state index in [0.717, 1.165) is 11.6 Å². The molecule has 2 rings (SSSR count). The first-order valence-electron chi connectivity index (χ1n) is 7.14. The van der Waals surface area contributed by atoms with E-state index in [1.54, 1.807) is 18.2 Å². The van der Waals surface area contributed by atoms with E-state index in [0.29, 0.717) is 11.1 Å². The number of benzene rings is 2. The second-order valence-electron chi connectivity index (χ2n) is 5.09. The molecule has 0 spiro atoms. The van der Waals surface area contributed by atoms with Crippen molar-refractivity contribution in [1.82, 2.24) is 10.7 Å². The van der Waals surface area contributed by atoms with Gasteiger partial charge in [-0.15, -0.1) is 0 Å². The molecule has 0 aliphatic heterocycles. The van der Waals surface area contributed by atoms with Crippen molar-refractivity contribution in [2.24, 2.45) is 5.10 Å². The number of carbonyl (C=O) groups excluding carboxylic acids is 2. The molecule has 2 aromatic carbocycles. The maximum atomic E-state index is 11.9. The second kappa shape index (κ2) is 7.77. The Hall–Kier alpha value is -3.35. The van der Waals surface area contributed by atoms with Gasteiger partial charge in [-0.1, -0.05) is 17.7 Å². The molecule has 0 aliphatic carbocycles. The number of hydrogen-bond donors (Lipinski definition) is 4. The average molecular weight is 327 g/mol. The highest BCUT2D eigenvalue weighted by Gasteiger charge is 2.07. The van der Waals surface area contributed by atoms with Crippen molar-refractivity contribution in [2.75, 3.05) is 6.54 Å². The van der Waals surface area contributed by atoms with Crippen LogP contribution in [0.25, 0.3) is 0 Å². The Morgan fingerprint density at radius 3 is 2.67 bits per heavy atom. The number of carbonyl (C=O) groups is 2. The van der Waals surface area contributed by atoms with E-state index in [1.165, 1.54) is 18.3 Å². The van der Waals surface area contributed by atoms with Crippen molar-refractivity contribution in [3.05, 3.63) is 59.2 Å². The molecule has 0 saturated carbocycles. The molecular weight excluding hydrogens is 310 g/mol. The van der Waals surface area contributed by atoms with E-state index >= 15 is 0 Å². The van der Waals surface area contributed by atoms with Gasteiger partial charge in [0.1, 0.15) is 11.5 Å². The Balaban J connectivity index is 1.83. The summed E-state index contributed by atoms with van der Waals surface area (Å²) < 4.78 is 0. The summed E-state index contributed by atoms with van der Waals surface area (Å²) in [6.45, 7) is 1.64. The first-order valence-corrected chi connectivity index (χ1v) is 7.14. The van der Waals surface area contributed by atoms with Crippen molar-refractivity contribution in [2.45, 2.75) is 6.92 Å². The van der Waals surface area contributed by atoms with Crippen LogP contribution in [-0.4, -0.2) is 34.8 Å². The number of nitrogens with one attached hydrogen (secondary N) is 2. The molecular formula is C17H17N3O4. The van der Waals surface area contributed by atoms with Crippen LogP contribution in [0, 0.1) is 6.92 Å². The highest BCUT2D eigenvalue weighted by atomic mass is 16.3. The number of rotatable bonds is 5. The zero-order chi connectivity index (χ0) is 17.5. The summed E-state index contributed by atoms with van der Waals surface area (Å²) in [5.41, 5.74) is 3.99. The molecule has 0 heterocycles. The molecule has 0 atom stereocenters. The zero-order valence-corrected chi connectivity index (χ0v) is 13.0. The lowest BCUT2D eigenvalue weighted by molar-refractivity contribution is -0.120. The first kappa shape index (κ1) is 17.0. The third kappa shape index (κ3) is 4.84. The lowest BCUT2D eigenvalue weighted by Gasteiger charge is -2.05. The fraction of sp³-hybridized carbons (Fsp3) is 0.118. The van der Waals surface area contributed by atoms with Gasteiger partial charge in [0.2, 0.25) is 0 Å². The lowest BCUT2D eigenvalue weighted by Crippen LogP contribution is -2.34. The highest BCUT2D eigenvalue weighted by Crippen LogP contribution is 2.20. The van der Waals surface area contributed by atoms with Gasteiger partial charge in [-0.05, 0) is 31.2 Å². The minimum Gasteiger partial charge on any atom is -0.508 e. The third-order valence-corrected chi connectivity index (χ3v) is 3.10.